The van der Waals surface area contributed by atoms with Crippen molar-refractivity contribution in [3.05, 3.63) is 121 Å². The molecule has 0 radical (unpaired) electrons. The first-order valence-electron chi connectivity index (χ1n) is 14.1. The first-order valence-corrected chi connectivity index (χ1v) is 15.6. The minimum Gasteiger partial charge on any atom is -0.489 e. The van der Waals surface area contributed by atoms with Crippen LogP contribution in [0.5, 0.6) is 11.5 Å². The van der Waals surface area contributed by atoms with Gasteiger partial charge in [0.05, 0.1) is 9.79 Å². The highest BCUT2D eigenvalue weighted by Gasteiger charge is 2.22. The topological polar surface area (TPSA) is 105 Å². The molecule has 0 saturated heterocycles. The number of hydrogen-bond acceptors (Lipinski definition) is 8. The fourth-order valence-electron chi connectivity index (χ4n) is 4.25. The molecule has 0 heterocycles. The largest absolute Gasteiger partial charge is 0.489 e. The molecular formula is C36H34O8S. The molecule has 4 aromatic rings. The van der Waals surface area contributed by atoms with Crippen molar-refractivity contribution in [2.45, 2.75) is 23.6 Å². The standard InChI is InChI=1S/C36H34O8S/c1-25(2)35(37)43-21-19-41-33-17-15-29(23-31(33)27-11-7-5-8-12-27)45(39,40)30-16-18-34(42-20-22-44-36(38)26(3)4)32(24-30)28-13-9-6-10-14-28/h5-18,23-24H,1,3,19-22H2,2,4H3. The van der Waals surface area contributed by atoms with Gasteiger partial charge in [-0.15, -0.1) is 0 Å². The van der Waals surface area contributed by atoms with E-state index >= 15 is 0 Å². The fourth-order valence-corrected chi connectivity index (χ4v) is 5.56. The second-order valence-corrected chi connectivity index (χ2v) is 12.0. The second-order valence-electron chi connectivity index (χ2n) is 10.1. The number of carbonyl (C=O) groups excluding carboxylic acids is 2. The highest BCUT2D eigenvalue weighted by Crippen LogP contribution is 2.37. The highest BCUT2D eigenvalue weighted by molar-refractivity contribution is 7.91. The molecule has 4 aromatic carbocycles. The molecule has 0 atom stereocenters. The van der Waals surface area contributed by atoms with Crippen molar-refractivity contribution in [1.82, 2.24) is 0 Å². The van der Waals surface area contributed by atoms with Crippen molar-refractivity contribution in [1.29, 1.82) is 0 Å². The summed E-state index contributed by atoms with van der Waals surface area (Å²) in [5.41, 5.74) is 3.21. The van der Waals surface area contributed by atoms with Gasteiger partial charge in [0.2, 0.25) is 9.84 Å². The molecule has 232 valence electrons. The number of esters is 2. The molecule has 0 unspecified atom stereocenters. The maximum absolute atomic E-state index is 14.0. The molecule has 0 spiro atoms. The lowest BCUT2D eigenvalue weighted by atomic mass is 10.0. The zero-order valence-electron chi connectivity index (χ0n) is 25.2. The van der Waals surface area contributed by atoms with E-state index in [-0.39, 0.29) is 47.4 Å². The third kappa shape index (κ3) is 8.49. The quantitative estimate of drug-likeness (QED) is 0.0850. The van der Waals surface area contributed by atoms with E-state index in [1.54, 1.807) is 38.1 Å². The normalized spacial score (nSPS) is 10.9. The van der Waals surface area contributed by atoms with Crippen LogP contribution < -0.4 is 9.47 Å². The first-order chi connectivity index (χ1) is 21.6. The molecule has 4 rings (SSSR count). The summed E-state index contributed by atoms with van der Waals surface area (Å²) in [6.45, 7) is 10.4. The molecule has 0 bridgehead atoms. The van der Waals surface area contributed by atoms with Crippen LogP contribution in [-0.4, -0.2) is 46.8 Å². The van der Waals surface area contributed by atoms with Crippen LogP contribution in [0.4, 0.5) is 0 Å². The number of carbonyl (C=O) groups is 2. The zero-order chi connectivity index (χ0) is 32.4. The molecule has 0 aliphatic rings. The van der Waals surface area contributed by atoms with Gasteiger partial charge in [0, 0.05) is 22.3 Å². The van der Waals surface area contributed by atoms with E-state index < -0.39 is 21.8 Å². The van der Waals surface area contributed by atoms with Crippen LogP contribution in [0, 0.1) is 0 Å². The van der Waals surface area contributed by atoms with Gasteiger partial charge in [-0.25, -0.2) is 18.0 Å². The summed E-state index contributed by atoms with van der Waals surface area (Å²) in [4.78, 5) is 23.6. The predicted molar refractivity (Wildman–Crippen MR) is 172 cm³/mol. The predicted octanol–water partition coefficient (Wildman–Crippen LogP) is 6.85. The van der Waals surface area contributed by atoms with Crippen LogP contribution in [0.15, 0.2) is 131 Å². The van der Waals surface area contributed by atoms with Gasteiger partial charge in [-0.1, -0.05) is 73.8 Å². The lowest BCUT2D eigenvalue weighted by Gasteiger charge is -2.16. The summed E-state index contributed by atoms with van der Waals surface area (Å²) in [7, 11) is -3.99. The lowest BCUT2D eigenvalue weighted by molar-refractivity contribution is -0.140. The molecule has 0 saturated carbocycles. The Labute approximate surface area is 263 Å². The van der Waals surface area contributed by atoms with Gasteiger partial charge >= 0.3 is 11.9 Å². The van der Waals surface area contributed by atoms with Crippen LogP contribution in [0.25, 0.3) is 22.3 Å². The van der Waals surface area contributed by atoms with Crippen LogP contribution in [0.3, 0.4) is 0 Å². The summed E-state index contributed by atoms with van der Waals surface area (Å²) in [6, 6.07) is 27.8. The maximum Gasteiger partial charge on any atom is 0.333 e. The van der Waals surface area contributed by atoms with Crippen molar-refractivity contribution in [3.8, 4) is 33.8 Å². The molecule has 0 aliphatic carbocycles. The average Bonchev–Trinajstić information content (AvgIpc) is 3.05. The van der Waals surface area contributed by atoms with Crippen molar-refractivity contribution >= 4 is 21.8 Å². The fraction of sp³-hybridized carbons (Fsp3) is 0.167. The van der Waals surface area contributed by atoms with Crippen LogP contribution in [-0.2, 0) is 28.9 Å². The summed E-state index contributed by atoms with van der Waals surface area (Å²) >= 11 is 0. The van der Waals surface area contributed by atoms with Crippen molar-refractivity contribution < 1.29 is 37.0 Å². The zero-order valence-corrected chi connectivity index (χ0v) is 26.0. The SMILES string of the molecule is C=C(C)C(=O)OCCOc1ccc(S(=O)(=O)c2ccc(OCCOC(=O)C(=C)C)c(-c3ccccc3)c2)cc1-c1ccccc1. The maximum atomic E-state index is 14.0. The number of hydrogen-bond donors (Lipinski definition) is 0. The third-order valence-electron chi connectivity index (χ3n) is 6.54. The smallest absolute Gasteiger partial charge is 0.333 e. The Bertz CT molecular complexity index is 1670. The number of sulfone groups is 1. The minimum atomic E-state index is -3.99. The number of benzene rings is 4. The van der Waals surface area contributed by atoms with E-state index in [9.17, 15) is 18.0 Å². The van der Waals surface area contributed by atoms with Crippen LogP contribution in [0.1, 0.15) is 13.8 Å². The average molecular weight is 627 g/mol. The van der Waals surface area contributed by atoms with Gasteiger partial charge < -0.3 is 18.9 Å². The Kier molecular flexibility index (Phi) is 10.9. The molecule has 0 aromatic heterocycles. The molecule has 0 N–H and O–H groups in total. The molecule has 8 nitrogen and oxygen atoms in total. The van der Waals surface area contributed by atoms with Crippen LogP contribution in [0.2, 0.25) is 0 Å². The summed E-state index contributed by atoms with van der Waals surface area (Å²) in [5, 5.41) is 0. The summed E-state index contributed by atoms with van der Waals surface area (Å²) in [6.07, 6.45) is 0. The molecule has 45 heavy (non-hydrogen) atoms. The molecule has 0 amide bonds. The van der Waals surface area contributed by atoms with Crippen molar-refractivity contribution in [2.75, 3.05) is 26.4 Å². The third-order valence-corrected chi connectivity index (χ3v) is 8.29. The Balaban J connectivity index is 1.65. The van der Waals surface area contributed by atoms with Gasteiger partial charge in [0.15, 0.2) is 0 Å². The Morgan fingerprint density at radius 3 is 1.31 bits per heavy atom. The molecule has 0 aliphatic heterocycles. The van der Waals surface area contributed by atoms with E-state index in [0.717, 1.165) is 11.1 Å². The van der Waals surface area contributed by atoms with Crippen molar-refractivity contribution in [2.24, 2.45) is 0 Å². The highest BCUT2D eigenvalue weighted by atomic mass is 32.2. The molecule has 0 fully saturated rings. The van der Waals surface area contributed by atoms with E-state index in [0.29, 0.717) is 22.6 Å². The Hall–Kier alpha value is -5.15. The Morgan fingerprint density at radius 1 is 0.578 bits per heavy atom. The van der Waals surface area contributed by atoms with E-state index in [1.807, 2.05) is 60.7 Å². The monoisotopic (exact) mass is 626 g/mol. The van der Waals surface area contributed by atoms with Crippen LogP contribution >= 0.6 is 0 Å². The van der Waals surface area contributed by atoms with Gasteiger partial charge in [0.1, 0.15) is 37.9 Å². The second kappa shape index (κ2) is 15.0. The first kappa shape index (κ1) is 32.8. The molecular weight excluding hydrogens is 592 g/mol. The summed E-state index contributed by atoms with van der Waals surface area (Å²) < 4.78 is 50.1. The van der Waals surface area contributed by atoms with Gasteiger partial charge in [-0.3, -0.25) is 0 Å². The molecule has 9 heteroatoms. The van der Waals surface area contributed by atoms with Gasteiger partial charge in [-0.05, 0) is 61.4 Å². The van der Waals surface area contributed by atoms with Gasteiger partial charge in [-0.2, -0.15) is 0 Å². The Morgan fingerprint density at radius 2 is 0.956 bits per heavy atom. The van der Waals surface area contributed by atoms with Crippen molar-refractivity contribution in [3.63, 3.8) is 0 Å². The summed E-state index contributed by atoms with van der Waals surface area (Å²) in [5.74, 6) is -0.151. The lowest BCUT2D eigenvalue weighted by Crippen LogP contribution is -2.13. The van der Waals surface area contributed by atoms with Gasteiger partial charge in [0.25, 0.3) is 0 Å². The van der Waals surface area contributed by atoms with E-state index in [4.69, 9.17) is 18.9 Å². The van der Waals surface area contributed by atoms with E-state index in [2.05, 4.69) is 13.2 Å². The minimum absolute atomic E-state index is 0.00693. The number of rotatable bonds is 14. The van der Waals surface area contributed by atoms with E-state index in [1.165, 1.54) is 12.1 Å². The number of ether oxygens (including phenoxy) is 4.